The molecular weight excluding hydrogens is 270 g/mol. The zero-order chi connectivity index (χ0) is 14.1. The van der Waals surface area contributed by atoms with Gasteiger partial charge in [-0.1, -0.05) is 23.7 Å². The molecule has 0 spiro atoms. The first-order valence-electron chi connectivity index (χ1n) is 6.65. The van der Waals surface area contributed by atoms with Crippen molar-refractivity contribution in [2.45, 2.75) is 19.9 Å². The Hall–Kier alpha value is -2.00. The molecule has 1 aromatic heterocycles. The van der Waals surface area contributed by atoms with E-state index in [0.717, 1.165) is 27.7 Å². The number of fused-ring (bicyclic) bond motifs is 1. The number of para-hydroxylation sites is 2. The van der Waals surface area contributed by atoms with Crippen LogP contribution < -0.4 is 5.32 Å². The van der Waals surface area contributed by atoms with Crippen molar-refractivity contribution in [3.63, 3.8) is 0 Å². The van der Waals surface area contributed by atoms with Crippen molar-refractivity contribution >= 4 is 34.3 Å². The van der Waals surface area contributed by atoms with Crippen LogP contribution >= 0.6 is 11.6 Å². The van der Waals surface area contributed by atoms with E-state index >= 15 is 0 Å². The number of anilines is 2. The fourth-order valence-electron chi connectivity index (χ4n) is 2.32. The molecule has 0 aliphatic heterocycles. The van der Waals surface area contributed by atoms with Crippen molar-refractivity contribution in [1.29, 1.82) is 0 Å². The second kappa shape index (κ2) is 5.17. The molecule has 0 radical (unpaired) electrons. The minimum absolute atomic E-state index is 0.331. The van der Waals surface area contributed by atoms with Crippen LogP contribution in [0.5, 0.6) is 0 Å². The van der Waals surface area contributed by atoms with E-state index in [9.17, 15) is 0 Å². The SMILES string of the molecule is CC(C)n1c(Nc2ccc(Cl)cc2)nc2ccccc21. The van der Waals surface area contributed by atoms with Gasteiger partial charge < -0.3 is 9.88 Å². The summed E-state index contributed by atoms with van der Waals surface area (Å²) in [5.41, 5.74) is 3.11. The van der Waals surface area contributed by atoms with Crippen LogP contribution in [0.25, 0.3) is 11.0 Å². The Morgan fingerprint density at radius 1 is 1.05 bits per heavy atom. The Balaban J connectivity index is 2.06. The molecule has 0 unspecified atom stereocenters. The van der Waals surface area contributed by atoms with E-state index in [-0.39, 0.29) is 0 Å². The lowest BCUT2D eigenvalue weighted by Crippen LogP contribution is -2.05. The normalized spacial score (nSPS) is 11.2. The molecule has 0 fully saturated rings. The number of nitrogens with one attached hydrogen (secondary N) is 1. The minimum Gasteiger partial charge on any atom is -0.326 e. The number of rotatable bonds is 3. The van der Waals surface area contributed by atoms with Gasteiger partial charge in [0.15, 0.2) is 0 Å². The number of hydrogen-bond donors (Lipinski definition) is 1. The summed E-state index contributed by atoms with van der Waals surface area (Å²) >= 11 is 5.91. The molecule has 3 rings (SSSR count). The maximum atomic E-state index is 5.91. The van der Waals surface area contributed by atoms with E-state index in [1.165, 1.54) is 0 Å². The fraction of sp³-hybridized carbons (Fsp3) is 0.188. The standard InChI is InChI=1S/C16H16ClN3/c1-11(2)20-15-6-4-3-5-14(15)19-16(20)18-13-9-7-12(17)8-10-13/h3-11H,1-2H3,(H,18,19). The largest absolute Gasteiger partial charge is 0.326 e. The van der Waals surface area contributed by atoms with Crippen molar-refractivity contribution in [1.82, 2.24) is 9.55 Å². The Morgan fingerprint density at radius 2 is 1.75 bits per heavy atom. The summed E-state index contributed by atoms with van der Waals surface area (Å²) in [6.45, 7) is 4.31. The van der Waals surface area contributed by atoms with Gasteiger partial charge in [0.2, 0.25) is 5.95 Å². The molecule has 4 heteroatoms. The summed E-state index contributed by atoms with van der Waals surface area (Å²) < 4.78 is 2.20. The summed E-state index contributed by atoms with van der Waals surface area (Å²) in [6, 6.07) is 16.1. The predicted molar refractivity (Wildman–Crippen MR) is 84.9 cm³/mol. The average molecular weight is 286 g/mol. The van der Waals surface area contributed by atoms with Gasteiger partial charge in [0.05, 0.1) is 11.0 Å². The zero-order valence-electron chi connectivity index (χ0n) is 11.5. The van der Waals surface area contributed by atoms with Crippen LogP contribution in [-0.4, -0.2) is 9.55 Å². The fourth-order valence-corrected chi connectivity index (χ4v) is 2.44. The molecule has 1 heterocycles. The van der Waals surface area contributed by atoms with Crippen LogP contribution in [0.3, 0.4) is 0 Å². The van der Waals surface area contributed by atoms with Gasteiger partial charge in [0.1, 0.15) is 0 Å². The molecule has 2 aromatic carbocycles. The summed E-state index contributed by atoms with van der Waals surface area (Å²) in [4.78, 5) is 4.67. The van der Waals surface area contributed by atoms with Crippen LogP contribution in [0.2, 0.25) is 5.02 Å². The third-order valence-corrected chi connectivity index (χ3v) is 3.46. The van der Waals surface area contributed by atoms with Crippen molar-refractivity contribution in [2.75, 3.05) is 5.32 Å². The van der Waals surface area contributed by atoms with Gasteiger partial charge in [-0.3, -0.25) is 0 Å². The highest BCUT2D eigenvalue weighted by atomic mass is 35.5. The van der Waals surface area contributed by atoms with Crippen LogP contribution in [0, 0.1) is 0 Å². The van der Waals surface area contributed by atoms with Crippen LogP contribution in [-0.2, 0) is 0 Å². The molecule has 0 saturated heterocycles. The molecule has 0 saturated carbocycles. The summed E-state index contributed by atoms with van der Waals surface area (Å²) in [6.07, 6.45) is 0. The first-order chi connectivity index (χ1) is 9.65. The molecule has 20 heavy (non-hydrogen) atoms. The average Bonchev–Trinajstić information content (AvgIpc) is 2.79. The highest BCUT2D eigenvalue weighted by Crippen LogP contribution is 2.26. The van der Waals surface area contributed by atoms with Crippen molar-refractivity contribution in [3.05, 3.63) is 53.6 Å². The summed E-state index contributed by atoms with van der Waals surface area (Å²) in [5.74, 6) is 0.850. The van der Waals surface area contributed by atoms with Crippen LogP contribution in [0.4, 0.5) is 11.6 Å². The number of aromatic nitrogens is 2. The van der Waals surface area contributed by atoms with Gasteiger partial charge >= 0.3 is 0 Å². The van der Waals surface area contributed by atoms with E-state index in [4.69, 9.17) is 11.6 Å². The molecule has 0 aliphatic carbocycles. The topological polar surface area (TPSA) is 29.9 Å². The third-order valence-electron chi connectivity index (χ3n) is 3.21. The first-order valence-corrected chi connectivity index (χ1v) is 7.02. The van der Waals surface area contributed by atoms with Gasteiger partial charge in [-0.2, -0.15) is 0 Å². The van der Waals surface area contributed by atoms with E-state index < -0.39 is 0 Å². The minimum atomic E-state index is 0.331. The lowest BCUT2D eigenvalue weighted by atomic mass is 10.3. The zero-order valence-corrected chi connectivity index (χ0v) is 12.2. The smallest absolute Gasteiger partial charge is 0.208 e. The van der Waals surface area contributed by atoms with E-state index in [0.29, 0.717) is 6.04 Å². The second-order valence-corrected chi connectivity index (χ2v) is 5.46. The highest BCUT2D eigenvalue weighted by molar-refractivity contribution is 6.30. The molecule has 1 N–H and O–H groups in total. The molecule has 0 amide bonds. The molecule has 0 aliphatic rings. The highest BCUT2D eigenvalue weighted by Gasteiger charge is 2.12. The van der Waals surface area contributed by atoms with Crippen LogP contribution in [0.15, 0.2) is 48.5 Å². The van der Waals surface area contributed by atoms with Gasteiger partial charge in [0.25, 0.3) is 0 Å². The first kappa shape index (κ1) is 13.0. The lowest BCUT2D eigenvalue weighted by molar-refractivity contribution is 0.625. The number of hydrogen-bond acceptors (Lipinski definition) is 2. The molecule has 0 bridgehead atoms. The molecule has 3 aromatic rings. The molecule has 0 atom stereocenters. The maximum absolute atomic E-state index is 5.91. The number of halogens is 1. The molecular formula is C16H16ClN3. The Kier molecular flexibility index (Phi) is 3.36. The molecule has 102 valence electrons. The van der Waals surface area contributed by atoms with Gasteiger partial charge in [-0.15, -0.1) is 0 Å². The summed E-state index contributed by atoms with van der Waals surface area (Å²) in [7, 11) is 0. The number of nitrogens with zero attached hydrogens (tertiary/aromatic N) is 2. The Bertz CT molecular complexity index is 729. The lowest BCUT2D eigenvalue weighted by Gasteiger charge is -2.14. The maximum Gasteiger partial charge on any atom is 0.208 e. The van der Waals surface area contributed by atoms with Crippen molar-refractivity contribution < 1.29 is 0 Å². The quantitative estimate of drug-likeness (QED) is 0.733. The van der Waals surface area contributed by atoms with Gasteiger partial charge in [-0.25, -0.2) is 4.98 Å². The predicted octanol–water partition coefficient (Wildman–Crippen LogP) is 5.01. The van der Waals surface area contributed by atoms with E-state index in [1.807, 2.05) is 42.5 Å². The monoisotopic (exact) mass is 285 g/mol. The van der Waals surface area contributed by atoms with Crippen LogP contribution in [0.1, 0.15) is 19.9 Å². The Labute approximate surface area is 123 Å². The van der Waals surface area contributed by atoms with E-state index in [2.05, 4.69) is 34.8 Å². The molecule has 3 nitrogen and oxygen atoms in total. The second-order valence-electron chi connectivity index (χ2n) is 5.02. The van der Waals surface area contributed by atoms with Gasteiger partial charge in [-0.05, 0) is 50.2 Å². The van der Waals surface area contributed by atoms with Crippen molar-refractivity contribution in [3.8, 4) is 0 Å². The van der Waals surface area contributed by atoms with E-state index in [1.54, 1.807) is 0 Å². The Morgan fingerprint density at radius 3 is 2.45 bits per heavy atom. The van der Waals surface area contributed by atoms with Crippen molar-refractivity contribution in [2.24, 2.45) is 0 Å². The third kappa shape index (κ3) is 2.37. The van der Waals surface area contributed by atoms with Gasteiger partial charge in [0, 0.05) is 16.8 Å². The number of benzene rings is 2. The number of imidazole rings is 1. The summed E-state index contributed by atoms with van der Waals surface area (Å²) in [5, 5.41) is 4.09.